The third-order valence-corrected chi connectivity index (χ3v) is 4.65. The average molecular weight is 461 g/mol. The fourth-order valence-corrected chi connectivity index (χ4v) is 3.49. The highest BCUT2D eigenvalue weighted by atomic mass is 35.6. The fraction of sp³-hybridized carbons (Fsp3) is 0.500. The Bertz CT molecular complexity index is 746. The molecule has 0 bridgehead atoms. The van der Waals surface area contributed by atoms with E-state index in [4.69, 9.17) is 39.5 Å². The largest absolute Gasteiger partial charge is 0.464 e. The van der Waals surface area contributed by atoms with Gasteiger partial charge in [0.05, 0.1) is 6.61 Å². The molecule has 0 heterocycles. The number of hydrogen-bond donors (Lipinski definition) is 1. The Kier molecular flexibility index (Phi) is 9.30. The molecular weight excluding hydrogens is 441 g/mol. The van der Waals surface area contributed by atoms with E-state index in [2.05, 4.69) is 9.50 Å². The predicted octanol–water partition coefficient (Wildman–Crippen LogP) is 2.51. The highest BCUT2D eigenvalue weighted by Gasteiger charge is 2.25. The average Bonchev–Trinajstić information content (AvgIpc) is 2.53. The van der Waals surface area contributed by atoms with Gasteiger partial charge in [-0.3, -0.25) is 8.98 Å². The van der Waals surface area contributed by atoms with E-state index in [1.165, 1.54) is 6.92 Å². The zero-order valence-electron chi connectivity index (χ0n) is 14.7. The van der Waals surface area contributed by atoms with Crippen molar-refractivity contribution in [3.05, 3.63) is 35.4 Å². The minimum absolute atomic E-state index is 0.194. The lowest BCUT2D eigenvalue weighted by Gasteiger charge is -2.16. The van der Waals surface area contributed by atoms with Crippen LogP contribution in [0.4, 0.5) is 0 Å². The van der Waals surface area contributed by atoms with Crippen LogP contribution >= 0.6 is 34.8 Å². The van der Waals surface area contributed by atoms with E-state index in [1.54, 1.807) is 31.2 Å². The van der Waals surface area contributed by atoms with Crippen LogP contribution in [0.2, 0.25) is 0 Å². The molecule has 0 aliphatic rings. The Morgan fingerprint density at radius 3 is 2.19 bits per heavy atom. The molecule has 152 valence electrons. The van der Waals surface area contributed by atoms with Crippen molar-refractivity contribution < 1.29 is 26.9 Å². The molecule has 1 aromatic rings. The molecule has 1 aromatic carbocycles. The molecule has 1 N–H and O–H groups in total. The van der Waals surface area contributed by atoms with Crippen LogP contribution in [0.1, 0.15) is 25.0 Å². The van der Waals surface area contributed by atoms with E-state index < -0.39 is 38.3 Å². The van der Waals surface area contributed by atoms with Gasteiger partial charge in [0.2, 0.25) is 9.70 Å². The number of nitrogens with one attached hydrogen (secondary N) is 1. The maximum atomic E-state index is 11.9. The second-order valence-corrected chi connectivity index (χ2v) is 9.76. The highest BCUT2D eigenvalue weighted by Crippen LogP contribution is 2.27. The van der Waals surface area contributed by atoms with E-state index in [0.717, 1.165) is 0 Å². The predicted molar refractivity (Wildman–Crippen MR) is 103 cm³/mol. The van der Waals surface area contributed by atoms with Crippen LogP contribution in [0.5, 0.6) is 0 Å². The van der Waals surface area contributed by atoms with Crippen molar-refractivity contribution in [2.24, 2.45) is 0 Å². The molecule has 0 saturated heterocycles. The van der Waals surface area contributed by atoms with Crippen molar-refractivity contribution in [2.75, 3.05) is 13.2 Å². The van der Waals surface area contributed by atoms with Crippen molar-refractivity contribution >= 4 is 56.8 Å². The molecule has 0 aliphatic heterocycles. The molecule has 1 atom stereocenters. The third kappa shape index (κ3) is 10.2. The van der Waals surface area contributed by atoms with Crippen LogP contribution in [0.25, 0.3) is 0 Å². The van der Waals surface area contributed by atoms with E-state index in [1.807, 2.05) is 0 Å². The number of carbonyl (C=O) groups is 2. The zero-order chi connectivity index (χ0) is 20.7. The van der Waals surface area contributed by atoms with Gasteiger partial charge in [-0.05, 0) is 18.1 Å². The molecular formula is C16H20Cl3NO6S. The summed E-state index contributed by atoms with van der Waals surface area (Å²) in [6.45, 7) is 2.58. The molecule has 7 nitrogen and oxygen atoms in total. The fourth-order valence-electron chi connectivity index (χ4n) is 2.09. The summed E-state index contributed by atoms with van der Waals surface area (Å²) in [7, 11) is -3.92. The summed E-state index contributed by atoms with van der Waals surface area (Å²) in [5.74, 6) is -1.30. The molecule has 27 heavy (non-hydrogen) atoms. The molecule has 0 fully saturated rings. The lowest BCUT2D eigenvalue weighted by atomic mass is 10.0. The number of amides is 1. The summed E-state index contributed by atoms with van der Waals surface area (Å²) in [4.78, 5) is 23.2. The minimum Gasteiger partial charge on any atom is -0.464 e. The smallest absolute Gasteiger partial charge is 0.328 e. The summed E-state index contributed by atoms with van der Waals surface area (Å²) < 4.78 is 31.5. The number of rotatable bonds is 9. The van der Waals surface area contributed by atoms with Crippen molar-refractivity contribution in [2.45, 2.75) is 35.9 Å². The first-order valence-corrected chi connectivity index (χ1v) is 10.6. The second-order valence-electron chi connectivity index (χ2n) is 5.61. The molecule has 0 aliphatic carbocycles. The number of esters is 1. The van der Waals surface area contributed by atoms with Crippen molar-refractivity contribution in [3.63, 3.8) is 0 Å². The summed E-state index contributed by atoms with van der Waals surface area (Å²) in [6, 6.07) is 5.61. The van der Waals surface area contributed by atoms with Crippen LogP contribution in [0.3, 0.4) is 0 Å². The molecule has 0 aromatic heterocycles. The molecule has 11 heteroatoms. The van der Waals surface area contributed by atoms with Crippen LogP contribution < -0.4 is 5.32 Å². The van der Waals surface area contributed by atoms with Gasteiger partial charge >= 0.3 is 5.97 Å². The van der Waals surface area contributed by atoms with Crippen LogP contribution in [0.15, 0.2) is 24.3 Å². The van der Waals surface area contributed by atoms with Gasteiger partial charge in [0, 0.05) is 13.3 Å². The van der Waals surface area contributed by atoms with Gasteiger partial charge in [-0.25, -0.2) is 4.79 Å². The van der Waals surface area contributed by atoms with Crippen molar-refractivity contribution in [3.8, 4) is 0 Å². The van der Waals surface area contributed by atoms with Crippen LogP contribution in [0, 0.1) is 0 Å². The molecule has 1 rings (SSSR count). The Morgan fingerprint density at radius 2 is 1.70 bits per heavy atom. The SMILES string of the molecule is CCOC(=O)C(Cc1ccc(CS(=O)(=O)OCC(Cl)(Cl)Cl)cc1)NC(C)=O. The summed E-state index contributed by atoms with van der Waals surface area (Å²) in [5, 5.41) is 2.53. The lowest BCUT2D eigenvalue weighted by molar-refractivity contribution is -0.147. The molecule has 1 unspecified atom stereocenters. The first kappa shape index (κ1) is 24.0. The quantitative estimate of drug-likeness (QED) is 0.345. The summed E-state index contributed by atoms with van der Waals surface area (Å²) in [5.41, 5.74) is 1.17. The maximum absolute atomic E-state index is 11.9. The van der Waals surface area contributed by atoms with Gasteiger partial charge < -0.3 is 10.1 Å². The van der Waals surface area contributed by atoms with E-state index in [9.17, 15) is 18.0 Å². The normalized spacial score (nSPS) is 13.1. The van der Waals surface area contributed by atoms with Gasteiger partial charge in [0.1, 0.15) is 18.4 Å². The topological polar surface area (TPSA) is 98.8 Å². The number of ether oxygens (including phenoxy) is 1. The van der Waals surface area contributed by atoms with Crippen molar-refractivity contribution in [1.82, 2.24) is 5.32 Å². The van der Waals surface area contributed by atoms with Crippen LogP contribution in [-0.4, -0.2) is 43.3 Å². The second kappa shape index (κ2) is 10.5. The van der Waals surface area contributed by atoms with Gasteiger partial charge in [-0.2, -0.15) is 8.42 Å². The van der Waals surface area contributed by atoms with E-state index >= 15 is 0 Å². The first-order valence-electron chi connectivity index (χ1n) is 7.87. The van der Waals surface area contributed by atoms with Gasteiger partial charge in [0.15, 0.2) is 0 Å². The number of benzene rings is 1. The standard InChI is InChI=1S/C16H20Cl3NO6S/c1-3-25-15(22)14(20-11(2)21)8-12-4-6-13(7-5-12)9-27(23,24)26-10-16(17,18)19/h4-7,14H,3,8-10H2,1-2H3,(H,20,21). The van der Waals surface area contributed by atoms with Gasteiger partial charge in [-0.15, -0.1) is 0 Å². The minimum atomic E-state index is -3.92. The Hall–Kier alpha value is -1.06. The zero-order valence-corrected chi connectivity index (χ0v) is 17.8. The molecule has 0 spiro atoms. The number of carbonyl (C=O) groups excluding carboxylic acids is 2. The Balaban J connectivity index is 2.76. The van der Waals surface area contributed by atoms with Gasteiger partial charge in [-0.1, -0.05) is 59.1 Å². The Labute approximate surface area is 173 Å². The van der Waals surface area contributed by atoms with E-state index in [0.29, 0.717) is 11.1 Å². The first-order chi connectivity index (χ1) is 12.4. The van der Waals surface area contributed by atoms with Crippen LogP contribution in [-0.2, 0) is 40.8 Å². The summed E-state index contributed by atoms with van der Waals surface area (Å²) in [6.07, 6.45) is 0.204. The van der Waals surface area contributed by atoms with E-state index in [-0.39, 0.29) is 18.9 Å². The molecule has 0 radical (unpaired) electrons. The lowest BCUT2D eigenvalue weighted by Crippen LogP contribution is -2.42. The number of halogens is 3. The number of hydrogen-bond acceptors (Lipinski definition) is 6. The molecule has 1 amide bonds. The maximum Gasteiger partial charge on any atom is 0.328 e. The number of alkyl halides is 3. The highest BCUT2D eigenvalue weighted by molar-refractivity contribution is 7.85. The third-order valence-electron chi connectivity index (χ3n) is 3.16. The Morgan fingerprint density at radius 1 is 1.15 bits per heavy atom. The monoisotopic (exact) mass is 459 g/mol. The molecule has 0 saturated carbocycles. The summed E-state index contributed by atoms with van der Waals surface area (Å²) >= 11 is 16.4. The van der Waals surface area contributed by atoms with Gasteiger partial charge in [0.25, 0.3) is 10.1 Å². The van der Waals surface area contributed by atoms with Crippen molar-refractivity contribution in [1.29, 1.82) is 0 Å².